The molecule has 1 saturated carbocycles. The highest BCUT2D eigenvalue weighted by molar-refractivity contribution is 5.93. The van der Waals surface area contributed by atoms with Crippen LogP contribution in [-0.2, 0) is 4.79 Å². The molecule has 2 atom stereocenters. The molecule has 0 aromatic carbocycles. The first-order chi connectivity index (χ1) is 18.7. The van der Waals surface area contributed by atoms with Crippen molar-refractivity contribution in [1.82, 2.24) is 35.5 Å². The summed E-state index contributed by atoms with van der Waals surface area (Å²) in [5, 5.41) is 15.5. The smallest absolute Gasteiger partial charge is 0.346 e. The van der Waals surface area contributed by atoms with Crippen LogP contribution in [0, 0.1) is 12.8 Å². The van der Waals surface area contributed by atoms with Gasteiger partial charge >= 0.3 is 6.18 Å². The van der Waals surface area contributed by atoms with Crippen LogP contribution >= 0.6 is 0 Å². The Morgan fingerprint density at radius 3 is 2.50 bits per heavy atom. The van der Waals surface area contributed by atoms with E-state index in [4.69, 9.17) is 0 Å². The maximum Gasteiger partial charge on any atom is 0.405 e. The van der Waals surface area contributed by atoms with E-state index in [0.717, 1.165) is 6.20 Å². The van der Waals surface area contributed by atoms with Crippen molar-refractivity contribution in [3.05, 3.63) is 41.1 Å². The molecular weight excluding hydrogens is 555 g/mol. The SMILES string of the molecule is Cc1nonc1C(=O)NC(c1cn2ncc(C(CC(F)F)C(=O)NCC(F)(F)F)cc2n1)C1CCC(F)(F)CC1. The highest BCUT2D eigenvalue weighted by atomic mass is 19.4. The van der Waals surface area contributed by atoms with E-state index < -0.39 is 74.0 Å². The first-order valence-corrected chi connectivity index (χ1v) is 12.2. The van der Waals surface area contributed by atoms with E-state index in [-0.39, 0.29) is 41.1 Å². The lowest BCUT2D eigenvalue weighted by molar-refractivity contribution is -0.139. The fraction of sp³-hybridized carbons (Fsp3) is 0.565. The van der Waals surface area contributed by atoms with Gasteiger partial charge in [0, 0.05) is 19.3 Å². The Bertz CT molecular complexity index is 1350. The number of hydrogen-bond acceptors (Lipinski definition) is 7. The molecule has 0 spiro atoms. The number of aromatic nitrogens is 5. The third-order valence-electron chi connectivity index (χ3n) is 6.66. The molecule has 218 valence electrons. The molecule has 1 fully saturated rings. The molecular formula is C23H24F7N7O3. The van der Waals surface area contributed by atoms with Gasteiger partial charge in [-0.1, -0.05) is 5.16 Å². The van der Waals surface area contributed by atoms with Crippen molar-refractivity contribution < 1.29 is 45.0 Å². The summed E-state index contributed by atoms with van der Waals surface area (Å²) in [6.07, 6.45) is -7.07. The van der Waals surface area contributed by atoms with E-state index in [1.807, 2.05) is 0 Å². The lowest BCUT2D eigenvalue weighted by Gasteiger charge is -2.33. The van der Waals surface area contributed by atoms with Crippen LogP contribution in [-0.4, -0.2) is 61.8 Å². The van der Waals surface area contributed by atoms with Gasteiger partial charge in [0.1, 0.15) is 12.2 Å². The number of carbonyl (C=O) groups is 2. The summed E-state index contributed by atoms with van der Waals surface area (Å²) in [6, 6.07) is 0.327. The number of rotatable bonds is 9. The Morgan fingerprint density at radius 2 is 1.90 bits per heavy atom. The van der Waals surface area contributed by atoms with Crippen LogP contribution in [0.1, 0.15) is 71.5 Å². The number of halogens is 7. The van der Waals surface area contributed by atoms with E-state index in [0.29, 0.717) is 0 Å². The topological polar surface area (TPSA) is 127 Å². The number of hydrogen-bond donors (Lipinski definition) is 2. The second kappa shape index (κ2) is 11.4. The van der Waals surface area contributed by atoms with Gasteiger partial charge in [-0.3, -0.25) is 9.59 Å². The van der Waals surface area contributed by atoms with Crippen molar-refractivity contribution in [1.29, 1.82) is 0 Å². The van der Waals surface area contributed by atoms with E-state index in [1.165, 1.54) is 23.7 Å². The molecule has 2 N–H and O–H groups in total. The van der Waals surface area contributed by atoms with Gasteiger partial charge in [0.25, 0.3) is 5.91 Å². The summed E-state index contributed by atoms with van der Waals surface area (Å²) < 4.78 is 97.5. The normalized spacial score (nSPS) is 17.6. The number of amides is 2. The van der Waals surface area contributed by atoms with Crippen molar-refractivity contribution in [3.63, 3.8) is 0 Å². The summed E-state index contributed by atoms with van der Waals surface area (Å²) >= 11 is 0. The number of fused-ring (bicyclic) bond motifs is 1. The van der Waals surface area contributed by atoms with E-state index in [1.54, 1.807) is 5.32 Å². The van der Waals surface area contributed by atoms with Crippen LogP contribution < -0.4 is 10.6 Å². The molecule has 3 heterocycles. The zero-order chi connectivity index (χ0) is 29.2. The monoisotopic (exact) mass is 579 g/mol. The molecule has 17 heteroatoms. The minimum absolute atomic E-state index is 0.0371. The number of aryl methyl sites for hydroxylation is 1. The van der Waals surface area contributed by atoms with Crippen LogP contribution in [0.25, 0.3) is 5.65 Å². The van der Waals surface area contributed by atoms with Crippen LogP contribution in [0.4, 0.5) is 30.7 Å². The quantitative estimate of drug-likeness (QED) is 0.365. The predicted octanol–water partition coefficient (Wildman–Crippen LogP) is 4.13. The number of imidazole rings is 1. The zero-order valence-corrected chi connectivity index (χ0v) is 20.9. The Balaban J connectivity index is 1.64. The first-order valence-electron chi connectivity index (χ1n) is 12.2. The Labute approximate surface area is 221 Å². The molecule has 0 bridgehead atoms. The van der Waals surface area contributed by atoms with Gasteiger partial charge in [0.2, 0.25) is 18.3 Å². The average Bonchev–Trinajstić information content (AvgIpc) is 3.49. The van der Waals surface area contributed by atoms with Crippen LogP contribution in [0.3, 0.4) is 0 Å². The summed E-state index contributed by atoms with van der Waals surface area (Å²) in [5.74, 6) is -6.92. The number of nitrogens with zero attached hydrogens (tertiary/aromatic N) is 5. The van der Waals surface area contributed by atoms with E-state index >= 15 is 0 Å². The van der Waals surface area contributed by atoms with Gasteiger partial charge in [-0.25, -0.2) is 31.7 Å². The van der Waals surface area contributed by atoms with Gasteiger partial charge in [-0.05, 0) is 42.5 Å². The molecule has 10 nitrogen and oxygen atoms in total. The second-order valence-corrected chi connectivity index (χ2v) is 9.61. The van der Waals surface area contributed by atoms with Crippen molar-refractivity contribution >= 4 is 17.5 Å². The fourth-order valence-corrected chi connectivity index (χ4v) is 4.61. The van der Waals surface area contributed by atoms with Crippen molar-refractivity contribution in [2.45, 2.75) is 69.5 Å². The molecule has 2 amide bonds. The third kappa shape index (κ3) is 7.04. The molecule has 3 aromatic rings. The summed E-state index contributed by atoms with van der Waals surface area (Å²) in [6.45, 7) is -0.213. The Kier molecular flexibility index (Phi) is 8.30. The maximum absolute atomic E-state index is 13.8. The van der Waals surface area contributed by atoms with E-state index in [2.05, 4.69) is 30.3 Å². The zero-order valence-electron chi connectivity index (χ0n) is 20.9. The van der Waals surface area contributed by atoms with Gasteiger partial charge in [0.05, 0.1) is 30.0 Å². The number of carbonyl (C=O) groups excluding carboxylic acids is 2. The number of alkyl halides is 7. The third-order valence-corrected chi connectivity index (χ3v) is 6.66. The molecule has 1 aliphatic rings. The Morgan fingerprint density at radius 1 is 1.20 bits per heavy atom. The van der Waals surface area contributed by atoms with Gasteiger partial charge < -0.3 is 10.6 Å². The summed E-state index contributed by atoms with van der Waals surface area (Å²) in [5.41, 5.74) is 0.216. The lowest BCUT2D eigenvalue weighted by Crippen LogP contribution is -2.37. The minimum atomic E-state index is -4.74. The Hall–Kier alpha value is -3.79. The van der Waals surface area contributed by atoms with Crippen molar-refractivity contribution in [2.24, 2.45) is 5.92 Å². The average molecular weight is 579 g/mol. The molecule has 1 aliphatic carbocycles. The minimum Gasteiger partial charge on any atom is -0.346 e. The highest BCUT2D eigenvalue weighted by Gasteiger charge is 2.40. The largest absolute Gasteiger partial charge is 0.405 e. The summed E-state index contributed by atoms with van der Waals surface area (Å²) in [4.78, 5) is 29.6. The lowest BCUT2D eigenvalue weighted by atomic mass is 9.81. The second-order valence-electron chi connectivity index (χ2n) is 9.61. The first kappa shape index (κ1) is 29.2. The maximum atomic E-state index is 13.8. The van der Waals surface area contributed by atoms with E-state index in [9.17, 15) is 40.3 Å². The van der Waals surface area contributed by atoms with Crippen molar-refractivity contribution in [3.8, 4) is 0 Å². The molecule has 4 rings (SSSR count). The molecule has 2 unspecified atom stereocenters. The van der Waals surface area contributed by atoms with Gasteiger partial charge in [-0.2, -0.15) is 18.3 Å². The van der Waals surface area contributed by atoms with Gasteiger partial charge in [0.15, 0.2) is 11.3 Å². The van der Waals surface area contributed by atoms with Crippen LogP contribution in [0.5, 0.6) is 0 Å². The predicted molar refractivity (Wildman–Crippen MR) is 122 cm³/mol. The van der Waals surface area contributed by atoms with Crippen molar-refractivity contribution in [2.75, 3.05) is 6.54 Å². The highest BCUT2D eigenvalue weighted by Crippen LogP contribution is 2.41. The standard InChI is InChI=1S/C23H24F7N7O3/c1-11-18(36-40-35-11)21(39)34-19(12-2-4-22(26,27)5-3-12)15-9-37-17(33-15)6-13(8-32-37)14(7-16(24)25)20(38)31-10-23(28,29)30/h6,8-9,12,14,16,19H,2-5,7,10H2,1H3,(H,31,38)(H,34,39). The summed E-state index contributed by atoms with van der Waals surface area (Å²) in [7, 11) is 0. The molecule has 0 saturated heterocycles. The molecule has 0 radical (unpaired) electrons. The molecule has 40 heavy (non-hydrogen) atoms. The van der Waals surface area contributed by atoms with Crippen LogP contribution in [0.15, 0.2) is 23.1 Å². The van der Waals surface area contributed by atoms with Gasteiger partial charge in [-0.15, -0.1) is 0 Å². The molecule has 0 aliphatic heterocycles. The fourth-order valence-electron chi connectivity index (χ4n) is 4.61. The molecule has 3 aromatic heterocycles. The number of nitrogens with one attached hydrogen (secondary N) is 2. The van der Waals surface area contributed by atoms with Crippen LogP contribution in [0.2, 0.25) is 0 Å².